The predicted octanol–water partition coefficient (Wildman–Crippen LogP) is 2.54. The first kappa shape index (κ1) is 13.5. The third-order valence-corrected chi connectivity index (χ3v) is 4.03. The number of hydrogen-bond acceptors (Lipinski definition) is 2. The van der Waals surface area contributed by atoms with E-state index in [2.05, 4.69) is 15.9 Å². The van der Waals surface area contributed by atoms with Crippen LogP contribution in [0.4, 0.5) is 4.39 Å². The van der Waals surface area contributed by atoms with Gasteiger partial charge in [-0.25, -0.2) is 4.39 Å². The van der Waals surface area contributed by atoms with E-state index in [4.69, 9.17) is 5.73 Å². The quantitative estimate of drug-likeness (QED) is 0.866. The Morgan fingerprint density at radius 2 is 2.28 bits per heavy atom. The van der Waals surface area contributed by atoms with Crippen molar-refractivity contribution in [3.8, 4) is 0 Å². The van der Waals surface area contributed by atoms with Crippen LogP contribution in [0.5, 0.6) is 0 Å². The first-order chi connectivity index (χ1) is 8.49. The number of hydrogen-bond donors (Lipinski definition) is 1. The number of likely N-dealkylation sites (tertiary alicyclic amines) is 1. The number of piperidine rings is 1. The molecule has 1 fully saturated rings. The highest BCUT2D eigenvalue weighted by atomic mass is 79.9. The zero-order valence-corrected chi connectivity index (χ0v) is 11.8. The molecule has 1 saturated heterocycles. The van der Waals surface area contributed by atoms with Gasteiger partial charge in [-0.2, -0.15) is 0 Å². The van der Waals surface area contributed by atoms with Gasteiger partial charge in [0, 0.05) is 23.1 Å². The van der Waals surface area contributed by atoms with Gasteiger partial charge < -0.3 is 10.6 Å². The minimum absolute atomic E-state index is 0.0939. The van der Waals surface area contributed by atoms with Crippen LogP contribution in [-0.4, -0.2) is 29.4 Å². The molecule has 1 aromatic rings. The fourth-order valence-corrected chi connectivity index (χ4v) is 2.74. The van der Waals surface area contributed by atoms with Crippen molar-refractivity contribution < 1.29 is 9.18 Å². The van der Waals surface area contributed by atoms with Crippen molar-refractivity contribution in [1.82, 2.24) is 4.90 Å². The van der Waals surface area contributed by atoms with E-state index in [0.29, 0.717) is 16.6 Å². The Morgan fingerprint density at radius 1 is 1.56 bits per heavy atom. The zero-order chi connectivity index (χ0) is 13.3. The molecule has 3 nitrogen and oxygen atoms in total. The van der Waals surface area contributed by atoms with Gasteiger partial charge in [0.15, 0.2) is 0 Å². The van der Waals surface area contributed by atoms with Gasteiger partial charge in [-0.1, -0.05) is 0 Å². The number of nitrogens with two attached hydrogens (primary N) is 1. The molecule has 1 aliphatic heterocycles. The van der Waals surface area contributed by atoms with Crippen LogP contribution in [-0.2, 0) is 0 Å². The van der Waals surface area contributed by atoms with E-state index in [0.717, 1.165) is 12.8 Å². The summed E-state index contributed by atoms with van der Waals surface area (Å²) in [5.41, 5.74) is 6.25. The monoisotopic (exact) mass is 314 g/mol. The Balaban J connectivity index is 2.23. The Morgan fingerprint density at radius 3 is 2.94 bits per heavy atom. The summed E-state index contributed by atoms with van der Waals surface area (Å²) in [7, 11) is 0. The number of benzene rings is 1. The molecule has 1 heterocycles. The lowest BCUT2D eigenvalue weighted by molar-refractivity contribution is 0.0617. The topological polar surface area (TPSA) is 46.3 Å². The van der Waals surface area contributed by atoms with Gasteiger partial charge in [-0.15, -0.1) is 0 Å². The normalized spacial score (nSPS) is 24.1. The lowest BCUT2D eigenvalue weighted by Crippen LogP contribution is -2.48. The van der Waals surface area contributed by atoms with Crippen LogP contribution in [0.25, 0.3) is 0 Å². The van der Waals surface area contributed by atoms with Gasteiger partial charge in [0.25, 0.3) is 5.91 Å². The smallest absolute Gasteiger partial charge is 0.255 e. The van der Waals surface area contributed by atoms with Crippen LogP contribution in [0.3, 0.4) is 0 Å². The maximum atomic E-state index is 13.2. The summed E-state index contributed by atoms with van der Waals surface area (Å²) in [5, 5.41) is 0. The molecule has 2 N–H and O–H groups in total. The first-order valence-corrected chi connectivity index (χ1v) is 6.80. The van der Waals surface area contributed by atoms with E-state index in [1.165, 1.54) is 12.1 Å². The summed E-state index contributed by atoms with van der Waals surface area (Å²) in [4.78, 5) is 14.1. The van der Waals surface area contributed by atoms with Crippen molar-refractivity contribution in [2.45, 2.75) is 31.8 Å². The molecule has 1 aromatic carbocycles. The van der Waals surface area contributed by atoms with Crippen LogP contribution in [0.2, 0.25) is 0 Å². The molecule has 0 radical (unpaired) electrons. The highest BCUT2D eigenvalue weighted by Crippen LogP contribution is 2.23. The maximum Gasteiger partial charge on any atom is 0.255 e. The average molecular weight is 315 g/mol. The van der Waals surface area contributed by atoms with E-state index in [1.54, 1.807) is 11.0 Å². The van der Waals surface area contributed by atoms with Crippen LogP contribution in [0.15, 0.2) is 22.7 Å². The van der Waals surface area contributed by atoms with Gasteiger partial charge in [0.2, 0.25) is 0 Å². The van der Waals surface area contributed by atoms with Crippen molar-refractivity contribution in [3.05, 3.63) is 34.1 Å². The number of halogens is 2. The molecule has 2 atom stereocenters. The fourth-order valence-electron chi connectivity index (χ4n) is 2.33. The Kier molecular flexibility index (Phi) is 4.02. The third kappa shape index (κ3) is 2.72. The number of nitrogens with zero attached hydrogens (tertiary/aromatic N) is 1. The summed E-state index contributed by atoms with van der Waals surface area (Å²) in [6.07, 6.45) is 1.59. The SMILES string of the molecule is C[C@H]1C[C@H](N)CCN1C(=O)c1cc(F)ccc1Br. The third-order valence-electron chi connectivity index (χ3n) is 3.34. The molecule has 1 amide bonds. The summed E-state index contributed by atoms with van der Waals surface area (Å²) in [6, 6.07) is 4.41. The number of rotatable bonds is 1. The molecule has 0 aromatic heterocycles. The number of carbonyl (C=O) groups is 1. The molecule has 0 spiro atoms. The van der Waals surface area contributed by atoms with Crippen molar-refractivity contribution in [1.29, 1.82) is 0 Å². The molecule has 0 bridgehead atoms. The van der Waals surface area contributed by atoms with Crippen molar-refractivity contribution in [2.24, 2.45) is 5.73 Å². The van der Waals surface area contributed by atoms with Gasteiger partial charge in [0.1, 0.15) is 5.82 Å². The lowest BCUT2D eigenvalue weighted by atomic mass is 9.98. The zero-order valence-electron chi connectivity index (χ0n) is 10.2. The molecule has 0 unspecified atom stereocenters. The maximum absolute atomic E-state index is 13.2. The largest absolute Gasteiger partial charge is 0.336 e. The second-order valence-electron chi connectivity index (χ2n) is 4.76. The Labute approximate surface area is 114 Å². The molecule has 98 valence electrons. The van der Waals surface area contributed by atoms with E-state index in [-0.39, 0.29) is 18.0 Å². The molecular formula is C13H16BrFN2O. The summed E-state index contributed by atoms with van der Waals surface area (Å²) < 4.78 is 13.8. The molecular weight excluding hydrogens is 299 g/mol. The van der Waals surface area contributed by atoms with Crippen LogP contribution < -0.4 is 5.73 Å². The molecule has 2 rings (SSSR count). The second-order valence-corrected chi connectivity index (χ2v) is 5.61. The summed E-state index contributed by atoms with van der Waals surface area (Å²) in [5.74, 6) is -0.538. The molecule has 18 heavy (non-hydrogen) atoms. The minimum Gasteiger partial charge on any atom is -0.336 e. The highest BCUT2D eigenvalue weighted by Gasteiger charge is 2.28. The van der Waals surface area contributed by atoms with Crippen molar-refractivity contribution >= 4 is 21.8 Å². The number of carbonyl (C=O) groups excluding carboxylic acids is 1. The summed E-state index contributed by atoms with van der Waals surface area (Å²) >= 11 is 3.29. The van der Waals surface area contributed by atoms with Crippen molar-refractivity contribution in [2.75, 3.05) is 6.54 Å². The van der Waals surface area contributed by atoms with E-state index in [9.17, 15) is 9.18 Å². The van der Waals surface area contributed by atoms with Crippen LogP contribution in [0, 0.1) is 5.82 Å². The average Bonchev–Trinajstić information content (AvgIpc) is 2.31. The van der Waals surface area contributed by atoms with E-state index in [1.807, 2.05) is 6.92 Å². The summed E-state index contributed by atoms with van der Waals surface area (Å²) in [6.45, 7) is 2.61. The fraction of sp³-hybridized carbons (Fsp3) is 0.462. The van der Waals surface area contributed by atoms with Crippen molar-refractivity contribution in [3.63, 3.8) is 0 Å². The van der Waals surface area contributed by atoms with Gasteiger partial charge in [-0.3, -0.25) is 4.79 Å². The van der Waals surface area contributed by atoms with E-state index < -0.39 is 5.82 Å². The molecule has 0 saturated carbocycles. The van der Waals surface area contributed by atoms with Gasteiger partial charge in [0.05, 0.1) is 5.56 Å². The Bertz CT molecular complexity index is 466. The first-order valence-electron chi connectivity index (χ1n) is 6.00. The second kappa shape index (κ2) is 5.36. The lowest BCUT2D eigenvalue weighted by Gasteiger charge is -2.36. The highest BCUT2D eigenvalue weighted by molar-refractivity contribution is 9.10. The predicted molar refractivity (Wildman–Crippen MR) is 71.8 cm³/mol. The number of amides is 1. The Hall–Kier alpha value is -0.940. The van der Waals surface area contributed by atoms with Gasteiger partial charge in [-0.05, 0) is 53.9 Å². The molecule has 0 aliphatic carbocycles. The van der Waals surface area contributed by atoms with Crippen LogP contribution >= 0.6 is 15.9 Å². The molecule has 5 heteroatoms. The molecule has 1 aliphatic rings. The van der Waals surface area contributed by atoms with E-state index >= 15 is 0 Å². The van der Waals surface area contributed by atoms with Crippen LogP contribution in [0.1, 0.15) is 30.1 Å². The standard InChI is InChI=1S/C13H16BrFN2O/c1-8-6-10(16)4-5-17(8)13(18)11-7-9(15)2-3-12(11)14/h2-3,7-8,10H,4-6,16H2,1H3/t8-,10+/m0/s1. The van der Waals surface area contributed by atoms with Gasteiger partial charge >= 0.3 is 0 Å². The minimum atomic E-state index is -0.400.